The Morgan fingerprint density at radius 2 is 2.22 bits per heavy atom. The van der Waals surface area contributed by atoms with Crippen molar-refractivity contribution in [1.29, 1.82) is 0 Å². The summed E-state index contributed by atoms with van der Waals surface area (Å²) >= 11 is 0. The number of carbonyl (C=O) groups excluding carboxylic acids is 1. The molecule has 1 aliphatic carbocycles. The van der Waals surface area contributed by atoms with Crippen LogP contribution in [0.5, 0.6) is 0 Å². The first-order valence-electron chi connectivity index (χ1n) is 5.53. The Morgan fingerprint density at radius 3 is 2.72 bits per heavy atom. The van der Waals surface area contributed by atoms with E-state index in [0.717, 1.165) is 0 Å². The fourth-order valence-corrected chi connectivity index (χ4v) is 1.92. The van der Waals surface area contributed by atoms with Crippen molar-refractivity contribution in [2.45, 2.75) is 12.8 Å². The van der Waals surface area contributed by atoms with Crippen LogP contribution in [0.3, 0.4) is 0 Å². The van der Waals surface area contributed by atoms with Crippen molar-refractivity contribution in [2.24, 2.45) is 16.3 Å². The van der Waals surface area contributed by atoms with Crippen LogP contribution in [0.2, 0.25) is 0 Å². The van der Waals surface area contributed by atoms with Gasteiger partial charge in [-0.2, -0.15) is 0 Å². The van der Waals surface area contributed by atoms with Crippen LogP contribution in [-0.2, 0) is 4.79 Å². The molecule has 0 aliphatic heterocycles. The minimum Gasteiger partial charge on any atom is -0.409 e. The largest absolute Gasteiger partial charge is 0.409 e. The Morgan fingerprint density at radius 1 is 1.56 bits per heavy atom. The molecule has 1 saturated carbocycles. The van der Waals surface area contributed by atoms with Gasteiger partial charge in [0.25, 0.3) is 0 Å². The number of amidine groups is 1. The molecule has 3 N–H and O–H groups in total. The molecule has 0 heterocycles. The Balaban J connectivity index is 2.25. The van der Waals surface area contributed by atoms with Crippen LogP contribution in [-0.4, -0.2) is 24.0 Å². The molecule has 1 fully saturated rings. The van der Waals surface area contributed by atoms with Crippen LogP contribution < -0.4 is 10.6 Å². The molecule has 5 nitrogen and oxygen atoms in total. The summed E-state index contributed by atoms with van der Waals surface area (Å²) in [5, 5.41) is 11.6. The topological polar surface area (TPSA) is 78.9 Å². The van der Waals surface area contributed by atoms with Gasteiger partial charge in [0.1, 0.15) is 11.2 Å². The van der Waals surface area contributed by atoms with Crippen LogP contribution in [0.1, 0.15) is 12.8 Å². The van der Waals surface area contributed by atoms with E-state index in [4.69, 9.17) is 10.9 Å². The highest BCUT2D eigenvalue weighted by molar-refractivity contribution is 6.15. The van der Waals surface area contributed by atoms with Gasteiger partial charge >= 0.3 is 0 Å². The van der Waals surface area contributed by atoms with Gasteiger partial charge in [-0.05, 0) is 31.0 Å². The molecular formula is C12H14FN3O2. The molecule has 0 aromatic heterocycles. The maximum Gasteiger partial charge on any atom is 0.240 e. The second-order valence-corrected chi connectivity index (χ2v) is 4.41. The van der Waals surface area contributed by atoms with Gasteiger partial charge in [0.15, 0.2) is 5.84 Å². The van der Waals surface area contributed by atoms with Crippen LogP contribution in [0.4, 0.5) is 10.1 Å². The summed E-state index contributed by atoms with van der Waals surface area (Å²) in [6.45, 7) is 0. The van der Waals surface area contributed by atoms with Crippen molar-refractivity contribution in [3.8, 4) is 0 Å². The third-order valence-electron chi connectivity index (χ3n) is 3.26. The molecule has 1 aliphatic rings. The molecule has 1 aromatic rings. The normalized spacial score (nSPS) is 17.3. The molecule has 1 aromatic carbocycles. The molecule has 0 atom stereocenters. The smallest absolute Gasteiger partial charge is 0.240 e. The molecule has 0 unspecified atom stereocenters. The molecule has 96 valence electrons. The lowest BCUT2D eigenvalue weighted by molar-refractivity contribution is -0.121. The first kappa shape index (κ1) is 12.3. The Hall–Kier alpha value is -2.11. The molecule has 6 heteroatoms. The summed E-state index contributed by atoms with van der Waals surface area (Å²) in [6.07, 6.45) is 1.09. The molecule has 2 rings (SSSR count). The minimum atomic E-state index is -0.921. The number of nitrogens with two attached hydrogens (primary N) is 1. The Bertz CT molecular complexity index is 512. The highest BCUT2D eigenvalue weighted by atomic mass is 19.1. The Labute approximate surface area is 104 Å². The summed E-state index contributed by atoms with van der Waals surface area (Å²) in [7, 11) is 1.54. The molecule has 0 bridgehead atoms. The first-order valence-corrected chi connectivity index (χ1v) is 5.53. The third-order valence-corrected chi connectivity index (χ3v) is 3.26. The van der Waals surface area contributed by atoms with Crippen LogP contribution in [0, 0.1) is 11.2 Å². The third kappa shape index (κ3) is 1.90. The highest BCUT2D eigenvalue weighted by Crippen LogP contribution is 2.47. The lowest BCUT2D eigenvalue weighted by Gasteiger charge is -2.22. The number of nitrogens with zero attached hydrogens (tertiary/aromatic N) is 2. The second-order valence-electron chi connectivity index (χ2n) is 4.41. The quantitative estimate of drug-likeness (QED) is 0.368. The minimum absolute atomic E-state index is 0.0873. The van der Waals surface area contributed by atoms with E-state index in [1.54, 1.807) is 13.1 Å². The number of hydrogen-bond donors (Lipinski definition) is 2. The zero-order chi connectivity index (χ0) is 13.3. The average molecular weight is 251 g/mol. The van der Waals surface area contributed by atoms with E-state index < -0.39 is 11.2 Å². The predicted octanol–water partition coefficient (Wildman–Crippen LogP) is 1.32. The lowest BCUT2D eigenvalue weighted by Crippen LogP contribution is -2.41. The number of anilines is 1. The first-order chi connectivity index (χ1) is 8.51. The van der Waals surface area contributed by atoms with E-state index in [1.165, 1.54) is 23.1 Å². The number of carbonyl (C=O) groups is 1. The van der Waals surface area contributed by atoms with Crippen molar-refractivity contribution in [1.82, 2.24) is 0 Å². The van der Waals surface area contributed by atoms with Gasteiger partial charge in [-0.25, -0.2) is 4.39 Å². The Kier molecular flexibility index (Phi) is 2.94. The number of rotatable bonds is 3. The van der Waals surface area contributed by atoms with E-state index in [9.17, 15) is 9.18 Å². The van der Waals surface area contributed by atoms with Crippen molar-refractivity contribution < 1.29 is 14.4 Å². The van der Waals surface area contributed by atoms with Gasteiger partial charge in [-0.15, -0.1) is 0 Å². The zero-order valence-electron chi connectivity index (χ0n) is 9.93. The van der Waals surface area contributed by atoms with E-state index in [2.05, 4.69) is 5.16 Å². The fraction of sp³-hybridized carbons (Fsp3) is 0.333. The summed E-state index contributed by atoms with van der Waals surface area (Å²) in [6, 6.07) is 5.72. The predicted molar refractivity (Wildman–Crippen MR) is 64.9 cm³/mol. The second kappa shape index (κ2) is 4.29. The van der Waals surface area contributed by atoms with Gasteiger partial charge < -0.3 is 15.8 Å². The van der Waals surface area contributed by atoms with E-state index in [-0.39, 0.29) is 11.7 Å². The monoisotopic (exact) mass is 251 g/mol. The van der Waals surface area contributed by atoms with Crippen molar-refractivity contribution in [3.05, 3.63) is 30.1 Å². The summed E-state index contributed by atoms with van der Waals surface area (Å²) in [4.78, 5) is 13.6. The zero-order valence-corrected chi connectivity index (χ0v) is 9.93. The van der Waals surface area contributed by atoms with Gasteiger partial charge in [0, 0.05) is 12.7 Å². The van der Waals surface area contributed by atoms with E-state index in [0.29, 0.717) is 18.5 Å². The van der Waals surface area contributed by atoms with Crippen molar-refractivity contribution in [3.63, 3.8) is 0 Å². The molecule has 0 saturated heterocycles. The molecule has 0 spiro atoms. The maximum atomic E-state index is 13.1. The van der Waals surface area contributed by atoms with E-state index >= 15 is 0 Å². The fourth-order valence-electron chi connectivity index (χ4n) is 1.92. The SMILES string of the molecule is CN(C(=O)C1(/C(N)=N/O)CC1)c1cccc(F)c1. The molecule has 1 amide bonds. The van der Waals surface area contributed by atoms with Crippen molar-refractivity contribution in [2.75, 3.05) is 11.9 Å². The highest BCUT2D eigenvalue weighted by Gasteiger charge is 2.55. The summed E-state index contributed by atoms with van der Waals surface area (Å²) in [5.74, 6) is -0.792. The van der Waals surface area contributed by atoms with Crippen molar-refractivity contribution >= 4 is 17.4 Å². The standard InChI is InChI=1S/C12H14FN3O2/c1-16(9-4-2-3-8(13)7-9)11(17)12(5-6-12)10(14)15-18/h2-4,7,18H,5-6H2,1H3,(H2,14,15). The molecule has 18 heavy (non-hydrogen) atoms. The van der Waals surface area contributed by atoms with E-state index in [1.807, 2.05) is 0 Å². The molecule has 0 radical (unpaired) electrons. The van der Waals surface area contributed by atoms with Crippen LogP contribution >= 0.6 is 0 Å². The van der Waals surface area contributed by atoms with Crippen LogP contribution in [0.15, 0.2) is 29.4 Å². The van der Waals surface area contributed by atoms with Gasteiger partial charge in [0.05, 0.1) is 0 Å². The number of amides is 1. The summed E-state index contributed by atoms with van der Waals surface area (Å²) < 4.78 is 13.1. The molecular weight excluding hydrogens is 237 g/mol. The average Bonchev–Trinajstić information content (AvgIpc) is 3.17. The van der Waals surface area contributed by atoms with Crippen LogP contribution in [0.25, 0.3) is 0 Å². The summed E-state index contributed by atoms with van der Waals surface area (Å²) in [5.41, 5.74) is 5.06. The number of benzene rings is 1. The number of hydrogen-bond acceptors (Lipinski definition) is 3. The number of oxime groups is 1. The van der Waals surface area contributed by atoms with Gasteiger partial charge in [-0.3, -0.25) is 4.79 Å². The van der Waals surface area contributed by atoms with Gasteiger partial charge in [-0.1, -0.05) is 11.2 Å². The van der Waals surface area contributed by atoms with Gasteiger partial charge in [0.2, 0.25) is 5.91 Å². The maximum absolute atomic E-state index is 13.1. The number of halogens is 1. The lowest BCUT2D eigenvalue weighted by atomic mass is 10.0.